The van der Waals surface area contributed by atoms with Crippen LogP contribution in [0.3, 0.4) is 0 Å². The zero-order chi connectivity index (χ0) is 28.1. The third kappa shape index (κ3) is 6.86. The summed E-state index contributed by atoms with van der Waals surface area (Å²) in [6.07, 6.45) is 4.19. The first-order valence-electron chi connectivity index (χ1n) is 14.3. The second-order valence-corrected chi connectivity index (χ2v) is 12.4. The van der Waals surface area contributed by atoms with E-state index >= 15 is 0 Å². The van der Waals surface area contributed by atoms with Gasteiger partial charge in [0, 0.05) is 30.1 Å². The van der Waals surface area contributed by atoms with Crippen molar-refractivity contribution in [3.05, 3.63) is 100.0 Å². The third-order valence-electron chi connectivity index (χ3n) is 7.77. The van der Waals surface area contributed by atoms with Crippen molar-refractivity contribution < 1.29 is 9.59 Å². The summed E-state index contributed by atoms with van der Waals surface area (Å²) in [5, 5.41) is 3.07. The highest BCUT2D eigenvalue weighted by Gasteiger charge is 2.29. The average Bonchev–Trinajstić information content (AvgIpc) is 2.94. The van der Waals surface area contributed by atoms with Crippen LogP contribution in [0.1, 0.15) is 53.7 Å². The number of thioether (sulfide) groups is 1. The van der Waals surface area contributed by atoms with Crippen molar-refractivity contribution in [3.8, 4) is 0 Å². The number of piperidine rings is 1. The molecule has 2 amide bonds. The first-order valence-corrected chi connectivity index (χ1v) is 15.1. The molecule has 2 atom stereocenters. The second-order valence-electron chi connectivity index (χ2n) is 11.3. The number of para-hydroxylation sites is 1. The molecule has 1 saturated heterocycles. The van der Waals surface area contributed by atoms with Gasteiger partial charge in [-0.1, -0.05) is 74.1 Å². The van der Waals surface area contributed by atoms with Gasteiger partial charge >= 0.3 is 0 Å². The van der Waals surface area contributed by atoms with Crippen LogP contribution in [0.15, 0.2) is 82.6 Å². The fourth-order valence-corrected chi connectivity index (χ4v) is 6.90. The first-order chi connectivity index (χ1) is 19.4. The van der Waals surface area contributed by atoms with E-state index in [1.54, 1.807) is 0 Å². The summed E-state index contributed by atoms with van der Waals surface area (Å²) in [4.78, 5) is 32.5. The van der Waals surface area contributed by atoms with Crippen molar-refractivity contribution in [1.82, 2.24) is 10.2 Å². The molecule has 0 aliphatic carbocycles. The standard InChI is InChI=1S/C34H39N3O2S/c1-24-19-25(2)22-36(21-24)18-8-17-35-33(38)28-15-13-27(14-16-28)20-32-34(39)37(23-29-10-5-4-9-26(29)3)30-11-6-7-12-31(30)40-32/h4-7,9-16,20,24-25H,8,17-19,21-23H2,1-3H3,(H,35,38)/b32-20+/t24-,25+. The molecule has 6 heteroatoms. The molecule has 0 radical (unpaired) electrons. The minimum atomic E-state index is -0.0546. The van der Waals surface area contributed by atoms with E-state index in [0.717, 1.165) is 59.6 Å². The fourth-order valence-electron chi connectivity index (χ4n) is 5.84. The molecular formula is C34H39N3O2S. The molecule has 2 aliphatic rings. The van der Waals surface area contributed by atoms with Gasteiger partial charge in [-0.25, -0.2) is 0 Å². The average molecular weight is 554 g/mol. The quantitative estimate of drug-likeness (QED) is 0.247. The molecule has 0 saturated carbocycles. The number of amides is 2. The summed E-state index contributed by atoms with van der Waals surface area (Å²) in [6.45, 7) is 11.3. The topological polar surface area (TPSA) is 52.7 Å². The van der Waals surface area contributed by atoms with Crippen molar-refractivity contribution in [3.63, 3.8) is 0 Å². The number of benzene rings is 3. The monoisotopic (exact) mass is 553 g/mol. The van der Waals surface area contributed by atoms with Gasteiger partial charge < -0.3 is 15.1 Å². The number of likely N-dealkylation sites (tertiary alicyclic amines) is 1. The van der Waals surface area contributed by atoms with Crippen LogP contribution in [0.4, 0.5) is 5.69 Å². The maximum atomic E-state index is 13.6. The summed E-state index contributed by atoms with van der Waals surface area (Å²) in [5.74, 6) is 1.44. The number of carbonyl (C=O) groups is 2. The minimum Gasteiger partial charge on any atom is -0.352 e. The van der Waals surface area contributed by atoms with Gasteiger partial charge in [0.2, 0.25) is 0 Å². The molecule has 40 heavy (non-hydrogen) atoms. The highest BCUT2D eigenvalue weighted by molar-refractivity contribution is 8.04. The van der Waals surface area contributed by atoms with Gasteiger partial charge in [0.05, 0.1) is 17.1 Å². The van der Waals surface area contributed by atoms with Crippen molar-refractivity contribution in [2.45, 2.75) is 45.1 Å². The predicted molar refractivity (Wildman–Crippen MR) is 165 cm³/mol. The van der Waals surface area contributed by atoms with Crippen LogP contribution < -0.4 is 10.2 Å². The van der Waals surface area contributed by atoms with Crippen LogP contribution in [0, 0.1) is 18.8 Å². The molecule has 0 bridgehead atoms. The Kier molecular flexibility index (Phi) is 9.08. The number of hydrogen-bond acceptors (Lipinski definition) is 4. The van der Waals surface area contributed by atoms with E-state index in [2.05, 4.69) is 49.2 Å². The van der Waals surface area contributed by atoms with Gasteiger partial charge in [0.15, 0.2) is 0 Å². The zero-order valence-corrected chi connectivity index (χ0v) is 24.5. The number of nitrogens with one attached hydrogen (secondary N) is 1. The molecule has 0 unspecified atom stereocenters. The molecule has 0 spiro atoms. The van der Waals surface area contributed by atoms with E-state index in [4.69, 9.17) is 0 Å². The molecule has 5 nitrogen and oxygen atoms in total. The number of carbonyl (C=O) groups excluding carboxylic acids is 2. The Bertz CT molecular complexity index is 1370. The summed E-state index contributed by atoms with van der Waals surface area (Å²) in [6, 6.07) is 23.8. The second kappa shape index (κ2) is 12.9. The van der Waals surface area contributed by atoms with Crippen LogP contribution in [0.5, 0.6) is 0 Å². The van der Waals surface area contributed by atoms with E-state index < -0.39 is 0 Å². The zero-order valence-electron chi connectivity index (χ0n) is 23.7. The first kappa shape index (κ1) is 28.2. The Morgan fingerprint density at radius 2 is 1.68 bits per heavy atom. The van der Waals surface area contributed by atoms with E-state index in [0.29, 0.717) is 23.6 Å². The SMILES string of the molecule is Cc1ccccc1CN1C(=O)/C(=C\c2ccc(C(=O)NCCCN3C[C@H](C)C[C@H](C)C3)cc2)Sc2ccccc21. The van der Waals surface area contributed by atoms with Gasteiger partial charge in [0.1, 0.15) is 0 Å². The van der Waals surface area contributed by atoms with Crippen molar-refractivity contribution >= 4 is 35.3 Å². The lowest BCUT2D eigenvalue weighted by atomic mass is 9.92. The van der Waals surface area contributed by atoms with Crippen LogP contribution in [-0.2, 0) is 11.3 Å². The molecule has 0 aromatic heterocycles. The number of rotatable bonds is 8. The summed E-state index contributed by atoms with van der Waals surface area (Å²) < 4.78 is 0. The van der Waals surface area contributed by atoms with Crippen LogP contribution in [0.2, 0.25) is 0 Å². The lowest BCUT2D eigenvalue weighted by Crippen LogP contribution is -2.40. The molecule has 5 rings (SSSR count). The Hall–Kier alpha value is -3.35. The Labute approximate surface area is 242 Å². The Morgan fingerprint density at radius 1 is 0.975 bits per heavy atom. The maximum Gasteiger partial charge on any atom is 0.265 e. The van der Waals surface area contributed by atoms with E-state index in [9.17, 15) is 9.59 Å². The van der Waals surface area contributed by atoms with Crippen molar-refractivity contribution in [2.24, 2.45) is 11.8 Å². The summed E-state index contributed by atoms with van der Waals surface area (Å²) in [7, 11) is 0. The predicted octanol–water partition coefficient (Wildman–Crippen LogP) is 6.77. The largest absolute Gasteiger partial charge is 0.352 e. The van der Waals surface area contributed by atoms with Gasteiger partial charge in [-0.3, -0.25) is 9.59 Å². The number of fused-ring (bicyclic) bond motifs is 1. The number of nitrogens with zero attached hydrogens (tertiary/aromatic N) is 2. The molecule has 3 aromatic rings. The highest BCUT2D eigenvalue weighted by atomic mass is 32.2. The van der Waals surface area contributed by atoms with Gasteiger partial charge in [-0.15, -0.1) is 0 Å². The molecule has 2 heterocycles. The molecule has 1 fully saturated rings. The number of aryl methyl sites for hydroxylation is 1. The Morgan fingerprint density at radius 3 is 2.42 bits per heavy atom. The van der Waals surface area contributed by atoms with Gasteiger partial charge in [-0.05, 0) is 85.2 Å². The summed E-state index contributed by atoms with van der Waals surface area (Å²) in [5.41, 5.74) is 4.77. The molecule has 2 aliphatic heterocycles. The van der Waals surface area contributed by atoms with Crippen molar-refractivity contribution in [1.29, 1.82) is 0 Å². The fraction of sp³-hybridized carbons (Fsp3) is 0.353. The van der Waals surface area contributed by atoms with Gasteiger partial charge in [0.25, 0.3) is 11.8 Å². The van der Waals surface area contributed by atoms with E-state index in [1.165, 1.54) is 23.7 Å². The lowest BCUT2D eigenvalue weighted by molar-refractivity contribution is -0.114. The highest BCUT2D eigenvalue weighted by Crippen LogP contribution is 2.42. The minimum absolute atomic E-state index is 0.00809. The van der Waals surface area contributed by atoms with E-state index in [-0.39, 0.29) is 11.8 Å². The van der Waals surface area contributed by atoms with Crippen LogP contribution in [-0.4, -0.2) is 42.9 Å². The molecule has 3 aromatic carbocycles. The van der Waals surface area contributed by atoms with Gasteiger partial charge in [-0.2, -0.15) is 0 Å². The number of hydrogen-bond donors (Lipinski definition) is 1. The van der Waals surface area contributed by atoms with Crippen LogP contribution >= 0.6 is 11.8 Å². The lowest BCUT2D eigenvalue weighted by Gasteiger charge is -2.34. The maximum absolute atomic E-state index is 13.6. The Balaban J connectivity index is 1.22. The number of anilines is 1. The summed E-state index contributed by atoms with van der Waals surface area (Å²) >= 11 is 1.50. The molecular weight excluding hydrogens is 514 g/mol. The van der Waals surface area contributed by atoms with Crippen LogP contribution in [0.25, 0.3) is 6.08 Å². The van der Waals surface area contributed by atoms with E-state index in [1.807, 2.05) is 65.6 Å². The molecule has 208 valence electrons. The normalized spacial score (nSPS) is 20.4. The smallest absolute Gasteiger partial charge is 0.265 e. The van der Waals surface area contributed by atoms with Crippen molar-refractivity contribution in [2.75, 3.05) is 31.1 Å². The molecule has 1 N–H and O–H groups in total. The third-order valence-corrected chi connectivity index (χ3v) is 8.85.